The number of fused-ring (bicyclic) bond motifs is 1. The van der Waals surface area contributed by atoms with Crippen molar-refractivity contribution in [3.63, 3.8) is 0 Å². The minimum absolute atomic E-state index is 0.0481. The predicted octanol–water partition coefficient (Wildman–Crippen LogP) is 4.86. The minimum atomic E-state index is -0.0481. The molecular formula is C16H22Cl2N2. The molecule has 1 heterocycles. The SMILES string of the molecule is CCCC(CCl)(CCl)Cc1nn(CC)c2ccccc12. The van der Waals surface area contributed by atoms with Gasteiger partial charge in [-0.05, 0) is 19.4 Å². The average molecular weight is 313 g/mol. The van der Waals surface area contributed by atoms with Crippen molar-refractivity contribution in [2.45, 2.75) is 39.7 Å². The summed E-state index contributed by atoms with van der Waals surface area (Å²) >= 11 is 12.5. The molecule has 0 aliphatic heterocycles. The number of hydrogen-bond donors (Lipinski definition) is 0. The minimum Gasteiger partial charge on any atom is -0.265 e. The molecule has 1 aromatic heterocycles. The molecule has 4 heteroatoms. The van der Waals surface area contributed by atoms with Crippen molar-refractivity contribution in [1.82, 2.24) is 9.78 Å². The van der Waals surface area contributed by atoms with Crippen molar-refractivity contribution in [2.24, 2.45) is 5.41 Å². The van der Waals surface area contributed by atoms with Gasteiger partial charge in [-0.1, -0.05) is 31.5 Å². The summed E-state index contributed by atoms with van der Waals surface area (Å²) in [5.41, 5.74) is 2.27. The molecule has 0 spiro atoms. The first-order chi connectivity index (χ1) is 9.69. The van der Waals surface area contributed by atoms with E-state index in [0.29, 0.717) is 11.8 Å². The summed E-state index contributed by atoms with van der Waals surface area (Å²) in [4.78, 5) is 0. The molecule has 0 bridgehead atoms. The standard InChI is InChI=1S/C16H22Cl2N2/c1-3-9-16(11-17,12-18)10-14-13-7-5-6-8-15(13)20(4-2)19-14/h5-8H,3-4,9-12H2,1-2H3. The number of nitrogens with zero attached hydrogens (tertiary/aromatic N) is 2. The fourth-order valence-corrected chi connectivity index (χ4v) is 3.55. The van der Waals surface area contributed by atoms with E-state index in [1.807, 2.05) is 0 Å². The van der Waals surface area contributed by atoms with Crippen LogP contribution in [0.15, 0.2) is 24.3 Å². The Balaban J connectivity index is 2.42. The summed E-state index contributed by atoms with van der Waals surface area (Å²) < 4.78 is 2.06. The summed E-state index contributed by atoms with van der Waals surface area (Å²) in [7, 11) is 0. The van der Waals surface area contributed by atoms with Crippen molar-refractivity contribution >= 4 is 34.1 Å². The van der Waals surface area contributed by atoms with Gasteiger partial charge in [0.1, 0.15) is 0 Å². The molecule has 0 radical (unpaired) electrons. The van der Waals surface area contributed by atoms with E-state index in [4.69, 9.17) is 28.3 Å². The van der Waals surface area contributed by atoms with Crippen LogP contribution in [0.4, 0.5) is 0 Å². The Hall–Kier alpha value is -0.730. The molecule has 20 heavy (non-hydrogen) atoms. The Morgan fingerprint density at radius 2 is 1.85 bits per heavy atom. The van der Waals surface area contributed by atoms with Gasteiger partial charge >= 0.3 is 0 Å². The van der Waals surface area contributed by atoms with Crippen LogP contribution in [0, 0.1) is 5.41 Å². The van der Waals surface area contributed by atoms with Crippen LogP contribution < -0.4 is 0 Å². The third-order valence-corrected chi connectivity index (χ3v) is 5.06. The monoisotopic (exact) mass is 312 g/mol. The van der Waals surface area contributed by atoms with Crippen LogP contribution in [0.25, 0.3) is 10.9 Å². The molecule has 0 aliphatic carbocycles. The second-order valence-corrected chi connectivity index (χ2v) is 6.01. The maximum Gasteiger partial charge on any atom is 0.0709 e. The second-order valence-electron chi connectivity index (χ2n) is 5.47. The van der Waals surface area contributed by atoms with Crippen LogP contribution in [0.3, 0.4) is 0 Å². The first-order valence-electron chi connectivity index (χ1n) is 7.26. The molecular weight excluding hydrogens is 291 g/mol. The molecule has 0 N–H and O–H groups in total. The molecule has 1 aromatic carbocycles. The summed E-state index contributed by atoms with van der Waals surface area (Å²) in [5, 5.41) is 6.00. The Labute approximate surface area is 131 Å². The molecule has 0 atom stereocenters. The van der Waals surface area contributed by atoms with E-state index in [-0.39, 0.29) is 5.41 Å². The largest absolute Gasteiger partial charge is 0.265 e. The van der Waals surface area contributed by atoms with Gasteiger partial charge < -0.3 is 0 Å². The van der Waals surface area contributed by atoms with E-state index in [1.165, 1.54) is 10.9 Å². The van der Waals surface area contributed by atoms with Gasteiger partial charge in [0.05, 0.1) is 11.2 Å². The molecule has 0 amide bonds. The Bertz CT molecular complexity index is 559. The van der Waals surface area contributed by atoms with E-state index in [1.54, 1.807) is 0 Å². The van der Waals surface area contributed by atoms with Gasteiger partial charge in [0, 0.05) is 35.5 Å². The van der Waals surface area contributed by atoms with Gasteiger partial charge in [0.15, 0.2) is 0 Å². The molecule has 0 aliphatic rings. The van der Waals surface area contributed by atoms with Gasteiger partial charge in [-0.3, -0.25) is 4.68 Å². The van der Waals surface area contributed by atoms with Crippen molar-refractivity contribution in [3.8, 4) is 0 Å². The third kappa shape index (κ3) is 2.96. The van der Waals surface area contributed by atoms with Gasteiger partial charge in [0.2, 0.25) is 0 Å². The van der Waals surface area contributed by atoms with Crippen LogP contribution in [0.1, 0.15) is 32.4 Å². The highest BCUT2D eigenvalue weighted by Crippen LogP contribution is 2.33. The molecule has 0 fully saturated rings. The van der Waals surface area contributed by atoms with Crippen LogP contribution in [0.2, 0.25) is 0 Å². The summed E-state index contributed by atoms with van der Waals surface area (Å²) in [5.74, 6) is 1.16. The van der Waals surface area contributed by atoms with E-state index in [2.05, 4.69) is 42.8 Å². The van der Waals surface area contributed by atoms with Gasteiger partial charge in [0.25, 0.3) is 0 Å². The first kappa shape index (κ1) is 15.7. The van der Waals surface area contributed by atoms with Crippen LogP contribution in [-0.4, -0.2) is 21.5 Å². The first-order valence-corrected chi connectivity index (χ1v) is 8.33. The zero-order chi connectivity index (χ0) is 14.6. The number of para-hydroxylation sites is 1. The van der Waals surface area contributed by atoms with Gasteiger partial charge in [-0.2, -0.15) is 5.10 Å². The smallest absolute Gasteiger partial charge is 0.0709 e. The van der Waals surface area contributed by atoms with Gasteiger partial charge in [-0.15, -0.1) is 23.2 Å². The lowest BCUT2D eigenvalue weighted by Gasteiger charge is -2.28. The van der Waals surface area contributed by atoms with Crippen LogP contribution >= 0.6 is 23.2 Å². The van der Waals surface area contributed by atoms with E-state index >= 15 is 0 Å². The van der Waals surface area contributed by atoms with Gasteiger partial charge in [-0.25, -0.2) is 0 Å². The summed E-state index contributed by atoms with van der Waals surface area (Å²) in [6.45, 7) is 5.17. The molecule has 0 saturated carbocycles. The topological polar surface area (TPSA) is 17.8 Å². The van der Waals surface area contributed by atoms with E-state index in [0.717, 1.165) is 31.5 Å². The zero-order valence-electron chi connectivity index (χ0n) is 12.2. The number of aryl methyl sites for hydroxylation is 1. The van der Waals surface area contributed by atoms with E-state index < -0.39 is 0 Å². The average Bonchev–Trinajstić information content (AvgIpc) is 2.85. The zero-order valence-corrected chi connectivity index (χ0v) is 13.7. The highest BCUT2D eigenvalue weighted by molar-refractivity contribution is 6.21. The Morgan fingerprint density at radius 3 is 2.45 bits per heavy atom. The molecule has 2 aromatic rings. The highest BCUT2D eigenvalue weighted by Gasteiger charge is 2.30. The van der Waals surface area contributed by atoms with Crippen molar-refractivity contribution in [2.75, 3.05) is 11.8 Å². The van der Waals surface area contributed by atoms with Crippen LogP contribution in [-0.2, 0) is 13.0 Å². The normalized spacial score (nSPS) is 12.2. The Morgan fingerprint density at radius 1 is 1.15 bits per heavy atom. The number of alkyl halides is 2. The quantitative estimate of drug-likeness (QED) is 0.667. The van der Waals surface area contributed by atoms with Crippen molar-refractivity contribution in [1.29, 1.82) is 0 Å². The number of halogens is 2. The predicted molar refractivity (Wildman–Crippen MR) is 87.9 cm³/mol. The Kier molecular flexibility index (Phi) is 5.34. The fraction of sp³-hybridized carbons (Fsp3) is 0.562. The molecule has 0 unspecified atom stereocenters. The lowest BCUT2D eigenvalue weighted by molar-refractivity contribution is 0.337. The lowest BCUT2D eigenvalue weighted by Crippen LogP contribution is -2.28. The van der Waals surface area contributed by atoms with Crippen LogP contribution in [0.5, 0.6) is 0 Å². The molecule has 110 valence electrons. The molecule has 0 saturated heterocycles. The number of aromatic nitrogens is 2. The van der Waals surface area contributed by atoms with Crippen molar-refractivity contribution < 1.29 is 0 Å². The lowest BCUT2D eigenvalue weighted by atomic mass is 9.82. The highest BCUT2D eigenvalue weighted by atomic mass is 35.5. The maximum absolute atomic E-state index is 6.23. The number of hydrogen-bond acceptors (Lipinski definition) is 1. The van der Waals surface area contributed by atoms with E-state index in [9.17, 15) is 0 Å². The number of benzene rings is 1. The van der Waals surface area contributed by atoms with Crippen molar-refractivity contribution in [3.05, 3.63) is 30.0 Å². The molecule has 2 rings (SSSR count). The fourth-order valence-electron chi connectivity index (χ4n) is 2.81. The molecule has 2 nitrogen and oxygen atoms in total. The third-order valence-electron chi connectivity index (χ3n) is 3.92. The summed E-state index contributed by atoms with van der Waals surface area (Å²) in [6.07, 6.45) is 2.97. The number of rotatable bonds is 7. The maximum atomic E-state index is 6.23. The second kappa shape index (κ2) is 6.82. The summed E-state index contributed by atoms with van der Waals surface area (Å²) in [6, 6.07) is 8.39.